The van der Waals surface area contributed by atoms with Crippen LogP contribution in [-0.2, 0) is 11.0 Å². The van der Waals surface area contributed by atoms with Crippen molar-refractivity contribution in [1.29, 1.82) is 0 Å². The molecule has 1 aromatic carbocycles. The van der Waals surface area contributed by atoms with Gasteiger partial charge < -0.3 is 4.52 Å². The minimum Gasteiger partial charge on any atom is -0.407 e. The van der Waals surface area contributed by atoms with Gasteiger partial charge in [-0.2, -0.15) is 0 Å². The fraction of sp³-hybridized carbons (Fsp3) is 0.600. The molecule has 0 saturated carbocycles. The van der Waals surface area contributed by atoms with Gasteiger partial charge in [-0.05, 0) is 24.5 Å². The molecule has 0 radical (unpaired) electrons. The minimum absolute atomic E-state index is 0.271. The summed E-state index contributed by atoms with van der Waals surface area (Å²) in [5.41, 5.74) is 1.16. The summed E-state index contributed by atoms with van der Waals surface area (Å²) in [4.78, 5) is 0. The van der Waals surface area contributed by atoms with E-state index in [9.17, 15) is 4.57 Å². The molecule has 0 heterocycles. The van der Waals surface area contributed by atoms with Crippen LogP contribution in [-0.4, -0.2) is 0 Å². The fourth-order valence-electron chi connectivity index (χ4n) is 2.11. The zero-order valence-electron chi connectivity index (χ0n) is 11.2. The maximum Gasteiger partial charge on any atom is 0.395 e. The van der Waals surface area contributed by atoms with Gasteiger partial charge in [0.15, 0.2) is 0 Å². The average Bonchev–Trinajstić information content (AvgIpc) is 2.40. The summed E-state index contributed by atoms with van der Waals surface area (Å²) >= 11 is 0. The molecular weight excluding hydrogens is 243 g/mol. The average molecular weight is 266 g/mol. The summed E-state index contributed by atoms with van der Waals surface area (Å²) in [6.45, 7) is 2.24. The lowest BCUT2D eigenvalue weighted by atomic mass is 10.0. The van der Waals surface area contributed by atoms with Gasteiger partial charge in [0.2, 0.25) is 0 Å². The van der Waals surface area contributed by atoms with Crippen LogP contribution in [0.25, 0.3) is 0 Å². The van der Waals surface area contributed by atoms with E-state index in [1.165, 1.54) is 44.9 Å². The predicted octanol–water partition coefficient (Wildman–Crippen LogP) is 5.57. The van der Waals surface area contributed by atoms with E-state index in [4.69, 9.17) is 4.52 Å². The highest BCUT2D eigenvalue weighted by Crippen LogP contribution is 2.23. The van der Waals surface area contributed by atoms with Gasteiger partial charge in [0.1, 0.15) is 5.75 Å². The highest BCUT2D eigenvalue weighted by Gasteiger charge is 2.02. The molecule has 0 aliphatic carbocycles. The predicted molar refractivity (Wildman–Crippen MR) is 76.4 cm³/mol. The minimum atomic E-state index is -0.271. The van der Waals surface area contributed by atoms with Gasteiger partial charge >= 0.3 is 8.69 Å². The quantitative estimate of drug-likeness (QED) is 0.409. The summed E-state index contributed by atoms with van der Waals surface area (Å²) in [6, 6.07) is 7.85. The molecule has 0 atom stereocenters. The van der Waals surface area contributed by atoms with Crippen molar-refractivity contribution in [2.45, 2.75) is 58.3 Å². The van der Waals surface area contributed by atoms with Crippen molar-refractivity contribution in [3.8, 4) is 5.75 Å². The van der Waals surface area contributed by atoms with E-state index in [1.54, 1.807) is 0 Å². The van der Waals surface area contributed by atoms with Crippen LogP contribution in [0.15, 0.2) is 24.3 Å². The third kappa shape index (κ3) is 6.16. The Labute approximate surface area is 112 Å². The molecular formula is C15H23O2P. The number of aryl methyl sites for hydroxylation is 1. The Morgan fingerprint density at radius 3 is 2.39 bits per heavy atom. The smallest absolute Gasteiger partial charge is 0.395 e. The zero-order chi connectivity index (χ0) is 13.1. The van der Waals surface area contributed by atoms with Crippen LogP contribution in [0.4, 0.5) is 0 Å². The summed E-state index contributed by atoms with van der Waals surface area (Å²) in [6.07, 6.45) is 10.2. The first-order valence-corrected chi connectivity index (χ1v) is 7.69. The van der Waals surface area contributed by atoms with Crippen LogP contribution >= 0.6 is 8.69 Å². The second-order valence-electron chi connectivity index (χ2n) is 4.64. The maximum atomic E-state index is 10.5. The number of unbranched alkanes of at least 4 members (excludes halogenated alkanes) is 6. The van der Waals surface area contributed by atoms with Crippen LogP contribution in [0.2, 0.25) is 0 Å². The SMILES string of the molecule is CCCCCCCCCc1ccccc1OP=O. The van der Waals surface area contributed by atoms with Crippen LogP contribution in [0.5, 0.6) is 5.75 Å². The molecule has 0 aliphatic rings. The van der Waals surface area contributed by atoms with E-state index in [0.29, 0.717) is 0 Å². The van der Waals surface area contributed by atoms with Crippen molar-refractivity contribution in [3.05, 3.63) is 29.8 Å². The van der Waals surface area contributed by atoms with E-state index in [1.807, 2.05) is 18.2 Å². The van der Waals surface area contributed by atoms with Crippen molar-refractivity contribution >= 4 is 8.69 Å². The lowest BCUT2D eigenvalue weighted by Gasteiger charge is -2.06. The number of rotatable bonds is 10. The monoisotopic (exact) mass is 266 g/mol. The van der Waals surface area contributed by atoms with Crippen molar-refractivity contribution in [2.24, 2.45) is 0 Å². The molecule has 0 spiro atoms. The van der Waals surface area contributed by atoms with Gasteiger partial charge in [0, 0.05) is 0 Å². The van der Waals surface area contributed by atoms with E-state index in [-0.39, 0.29) is 8.69 Å². The summed E-state index contributed by atoms with van der Waals surface area (Å²) in [7, 11) is -0.271. The Balaban J connectivity index is 2.20. The zero-order valence-corrected chi connectivity index (χ0v) is 12.1. The number of para-hydroxylation sites is 1. The first-order valence-electron chi connectivity index (χ1n) is 6.96. The van der Waals surface area contributed by atoms with Crippen LogP contribution in [0.3, 0.4) is 0 Å². The van der Waals surface area contributed by atoms with Crippen molar-refractivity contribution in [2.75, 3.05) is 0 Å². The Morgan fingerprint density at radius 1 is 1.00 bits per heavy atom. The van der Waals surface area contributed by atoms with Crippen molar-refractivity contribution < 1.29 is 9.09 Å². The maximum absolute atomic E-state index is 10.5. The van der Waals surface area contributed by atoms with Crippen molar-refractivity contribution in [1.82, 2.24) is 0 Å². The summed E-state index contributed by atoms with van der Waals surface area (Å²) < 4.78 is 15.5. The second kappa shape index (κ2) is 10.1. The summed E-state index contributed by atoms with van der Waals surface area (Å²) in [5, 5.41) is 0. The van der Waals surface area contributed by atoms with Crippen molar-refractivity contribution in [3.63, 3.8) is 0 Å². The van der Waals surface area contributed by atoms with Crippen LogP contribution < -0.4 is 4.52 Å². The third-order valence-corrected chi connectivity index (χ3v) is 3.43. The molecule has 0 N–H and O–H groups in total. The first-order chi connectivity index (χ1) is 8.88. The number of benzene rings is 1. The number of hydrogen-bond acceptors (Lipinski definition) is 2. The molecule has 100 valence electrons. The van der Waals surface area contributed by atoms with Gasteiger partial charge in [-0.15, -0.1) is 0 Å². The van der Waals surface area contributed by atoms with E-state index in [0.717, 1.165) is 17.7 Å². The fourth-order valence-corrected chi connectivity index (χ4v) is 2.37. The molecule has 2 nitrogen and oxygen atoms in total. The Morgan fingerprint density at radius 2 is 1.67 bits per heavy atom. The van der Waals surface area contributed by atoms with Gasteiger partial charge in [-0.25, -0.2) is 4.57 Å². The molecule has 0 aromatic heterocycles. The number of hydrogen-bond donors (Lipinski definition) is 0. The third-order valence-electron chi connectivity index (χ3n) is 3.16. The molecule has 0 saturated heterocycles. The lowest BCUT2D eigenvalue weighted by Crippen LogP contribution is -1.89. The topological polar surface area (TPSA) is 26.3 Å². The standard InChI is InChI=1S/C15H23O2P/c1-2-3-4-5-6-7-8-11-14-12-9-10-13-15(14)17-18-16/h9-10,12-13H,2-8,11H2,1H3. The van der Waals surface area contributed by atoms with Gasteiger partial charge in [-0.1, -0.05) is 63.6 Å². The van der Waals surface area contributed by atoms with Crippen LogP contribution in [0, 0.1) is 0 Å². The van der Waals surface area contributed by atoms with E-state index in [2.05, 4.69) is 13.0 Å². The first kappa shape index (κ1) is 15.2. The molecule has 0 bridgehead atoms. The molecule has 1 rings (SSSR count). The summed E-state index contributed by atoms with van der Waals surface area (Å²) in [5.74, 6) is 0.750. The Kier molecular flexibility index (Phi) is 8.50. The van der Waals surface area contributed by atoms with Crippen LogP contribution in [0.1, 0.15) is 57.4 Å². The molecule has 18 heavy (non-hydrogen) atoms. The Hall–Kier alpha value is -0.880. The molecule has 0 fully saturated rings. The largest absolute Gasteiger partial charge is 0.407 e. The molecule has 0 amide bonds. The van der Waals surface area contributed by atoms with Gasteiger partial charge in [-0.3, -0.25) is 0 Å². The lowest BCUT2D eigenvalue weighted by molar-refractivity contribution is 0.519. The second-order valence-corrected chi connectivity index (χ2v) is 4.98. The highest BCUT2D eigenvalue weighted by molar-refractivity contribution is 7.17. The normalized spacial score (nSPS) is 10.7. The molecule has 3 heteroatoms. The molecule has 1 aromatic rings. The van der Waals surface area contributed by atoms with E-state index >= 15 is 0 Å². The van der Waals surface area contributed by atoms with Gasteiger partial charge in [0.25, 0.3) is 0 Å². The molecule has 0 unspecified atom stereocenters. The highest BCUT2D eigenvalue weighted by atomic mass is 31.1. The Bertz CT molecular complexity index is 339. The molecule has 0 aliphatic heterocycles. The van der Waals surface area contributed by atoms with E-state index < -0.39 is 0 Å². The van der Waals surface area contributed by atoms with Gasteiger partial charge in [0.05, 0.1) is 0 Å².